The topological polar surface area (TPSA) is 198 Å². The lowest BCUT2D eigenvalue weighted by atomic mass is 9.75. The van der Waals surface area contributed by atoms with Crippen molar-refractivity contribution < 1.29 is 46.1 Å². The molecule has 2 aliphatic carbocycles. The lowest BCUT2D eigenvalue weighted by molar-refractivity contribution is -0.159. The van der Waals surface area contributed by atoms with Crippen molar-refractivity contribution in [1.29, 1.82) is 5.26 Å². The Balaban J connectivity index is 1.77. The third-order valence-corrected chi connectivity index (χ3v) is 9.91. The monoisotopic (exact) mass is 571 g/mol. The minimum atomic E-state index is -5.12. The van der Waals surface area contributed by atoms with E-state index in [1.54, 1.807) is 6.07 Å². The van der Waals surface area contributed by atoms with Crippen LogP contribution >= 0.6 is 0 Å². The second kappa shape index (κ2) is 9.57. The summed E-state index contributed by atoms with van der Waals surface area (Å²) in [5.74, 6) is -3.78. The first-order valence-corrected chi connectivity index (χ1v) is 13.2. The fourth-order valence-corrected chi connectivity index (χ4v) is 7.64. The molecule has 2 aliphatic rings. The van der Waals surface area contributed by atoms with E-state index in [1.807, 2.05) is 0 Å². The van der Waals surface area contributed by atoms with Gasteiger partial charge in [0.25, 0.3) is 0 Å². The summed E-state index contributed by atoms with van der Waals surface area (Å²) >= 11 is 0. The van der Waals surface area contributed by atoms with Crippen molar-refractivity contribution in [3.63, 3.8) is 0 Å². The van der Waals surface area contributed by atoms with Gasteiger partial charge in [-0.2, -0.15) is 18.4 Å². The summed E-state index contributed by atoms with van der Waals surface area (Å²) in [5, 5.41) is 34.6. The van der Waals surface area contributed by atoms with Crippen molar-refractivity contribution in [1.82, 2.24) is 15.0 Å². The largest absolute Gasteiger partial charge is 0.481 e. The molecule has 1 heterocycles. The van der Waals surface area contributed by atoms with Crippen LogP contribution in [0, 0.1) is 28.1 Å². The number of benzene rings is 1. The number of halogens is 3. The number of aliphatic hydroxyl groups excluding tert-OH is 1. The van der Waals surface area contributed by atoms with Gasteiger partial charge in [0.1, 0.15) is 10.8 Å². The number of rotatable bonds is 9. The number of methoxy groups -OCH3 is 1. The number of aliphatic carboxylic acids is 1. The Labute approximate surface area is 220 Å². The van der Waals surface area contributed by atoms with Crippen LogP contribution in [0.25, 0.3) is 5.69 Å². The zero-order chi connectivity index (χ0) is 29.0. The van der Waals surface area contributed by atoms with E-state index < -0.39 is 79.3 Å². The molecule has 4 rings (SSSR count). The lowest BCUT2D eigenvalue weighted by Crippen LogP contribution is -2.44. The third-order valence-electron chi connectivity index (χ3n) is 7.71. The Kier molecular flexibility index (Phi) is 6.99. The van der Waals surface area contributed by atoms with Crippen LogP contribution in [0.2, 0.25) is 0 Å². The molecule has 2 saturated carbocycles. The third kappa shape index (κ3) is 4.43. The number of primary amides is 1. The number of carboxylic acids is 1. The van der Waals surface area contributed by atoms with Crippen LogP contribution in [0.1, 0.15) is 30.5 Å². The van der Waals surface area contributed by atoms with Crippen molar-refractivity contribution in [2.45, 2.75) is 48.1 Å². The number of alkyl halides is 3. The second-order valence-corrected chi connectivity index (χ2v) is 11.9. The minimum Gasteiger partial charge on any atom is -0.481 e. The van der Waals surface area contributed by atoms with E-state index in [1.165, 1.54) is 6.20 Å². The van der Waals surface area contributed by atoms with E-state index in [9.17, 15) is 41.5 Å². The zero-order valence-corrected chi connectivity index (χ0v) is 21.2. The molecule has 0 spiro atoms. The van der Waals surface area contributed by atoms with Gasteiger partial charge in [-0.05, 0) is 37.5 Å². The molecule has 1 amide bonds. The Bertz CT molecular complexity index is 1470. The summed E-state index contributed by atoms with van der Waals surface area (Å²) in [6.45, 7) is -0.263. The lowest BCUT2D eigenvalue weighted by Gasteiger charge is -2.31. The number of carbonyl (C=O) groups is 2. The molecule has 16 heteroatoms. The fourth-order valence-electron chi connectivity index (χ4n) is 5.62. The minimum absolute atomic E-state index is 0.107. The summed E-state index contributed by atoms with van der Waals surface area (Å²) in [6, 6.07) is 4.19. The van der Waals surface area contributed by atoms with Gasteiger partial charge in [-0.1, -0.05) is 5.21 Å². The smallest absolute Gasteiger partial charge is 0.417 e. The molecule has 2 fully saturated rings. The summed E-state index contributed by atoms with van der Waals surface area (Å²) in [5.41, 5.74) is 0.123. The molecule has 1 aromatic carbocycles. The molecular formula is C23H24F3N5O7S. The molecule has 4 N–H and O–H groups in total. The van der Waals surface area contributed by atoms with E-state index >= 15 is 0 Å². The highest BCUT2D eigenvalue weighted by Crippen LogP contribution is 2.66. The molecule has 2 aromatic rings. The van der Waals surface area contributed by atoms with Gasteiger partial charge >= 0.3 is 12.1 Å². The predicted octanol–water partition coefficient (Wildman–Crippen LogP) is 0.858. The number of hydrogen-bond donors (Lipinski definition) is 3. The Morgan fingerprint density at radius 3 is 2.54 bits per heavy atom. The summed E-state index contributed by atoms with van der Waals surface area (Å²) in [4.78, 5) is 23.5. The van der Waals surface area contributed by atoms with Crippen molar-refractivity contribution >= 4 is 21.7 Å². The number of nitriles is 1. The highest BCUT2D eigenvalue weighted by molar-refractivity contribution is 7.92. The first-order valence-electron chi connectivity index (χ1n) is 11.6. The quantitative estimate of drug-likeness (QED) is 0.388. The van der Waals surface area contributed by atoms with E-state index in [-0.39, 0.29) is 25.1 Å². The van der Waals surface area contributed by atoms with Crippen molar-refractivity contribution in [3.05, 3.63) is 35.7 Å². The number of aromatic nitrogens is 3. The first-order chi connectivity index (χ1) is 18.2. The fraction of sp³-hybridized carbons (Fsp3) is 0.522. The van der Waals surface area contributed by atoms with Gasteiger partial charge in [0.15, 0.2) is 9.84 Å². The van der Waals surface area contributed by atoms with Crippen molar-refractivity contribution in [2.75, 3.05) is 13.7 Å². The van der Waals surface area contributed by atoms with Crippen molar-refractivity contribution in [2.24, 2.45) is 22.5 Å². The molecule has 1 aromatic heterocycles. The number of nitrogens with zero attached hydrogens (tertiary/aromatic N) is 4. The van der Waals surface area contributed by atoms with Gasteiger partial charge in [0.05, 0.1) is 45.5 Å². The van der Waals surface area contributed by atoms with Gasteiger partial charge in [0.2, 0.25) is 5.91 Å². The van der Waals surface area contributed by atoms with Crippen molar-refractivity contribution in [3.8, 4) is 11.8 Å². The molecule has 39 heavy (non-hydrogen) atoms. The van der Waals surface area contributed by atoms with Crippen LogP contribution < -0.4 is 5.73 Å². The Morgan fingerprint density at radius 2 is 2.03 bits per heavy atom. The number of amides is 1. The van der Waals surface area contributed by atoms with E-state index in [4.69, 9.17) is 15.6 Å². The normalized spacial score (nSPS) is 28.7. The first kappa shape index (κ1) is 28.5. The molecule has 210 valence electrons. The molecule has 0 saturated heterocycles. The Hall–Kier alpha value is -3.55. The van der Waals surface area contributed by atoms with Crippen LogP contribution in [0.5, 0.6) is 0 Å². The predicted molar refractivity (Wildman–Crippen MR) is 124 cm³/mol. The molecule has 12 nitrogen and oxygen atoms in total. The average molecular weight is 572 g/mol. The summed E-state index contributed by atoms with van der Waals surface area (Å²) < 4.78 is 76.0. The maximum atomic E-state index is 14.1. The average Bonchev–Trinajstić information content (AvgIpc) is 3.23. The van der Waals surface area contributed by atoms with Gasteiger partial charge < -0.3 is 20.7 Å². The van der Waals surface area contributed by atoms with E-state index in [0.717, 1.165) is 23.9 Å². The molecular weight excluding hydrogens is 547 g/mol. The maximum Gasteiger partial charge on any atom is 0.417 e. The summed E-state index contributed by atoms with van der Waals surface area (Å²) in [6.07, 6.45) is -6.44. The van der Waals surface area contributed by atoms with Gasteiger partial charge in [-0.3, -0.25) is 9.59 Å². The van der Waals surface area contributed by atoms with Gasteiger partial charge in [-0.25, -0.2) is 13.1 Å². The molecule has 0 radical (unpaired) electrons. The molecule has 0 bridgehead atoms. The number of aliphatic hydroxyl groups is 1. The second-order valence-electron chi connectivity index (χ2n) is 9.69. The highest BCUT2D eigenvalue weighted by atomic mass is 32.2. The maximum absolute atomic E-state index is 14.1. The standard InChI is InChI=1S/C23H24F3N5O7S/c1-38-18-7-14(8-22(18,20(34)35)17-9-21(17,11-27)19(28)33)39(36,37)16-3-2-13(6-15(16)23(24,25)26)31-10-12(4-5-32)29-30-31/h2-3,6,10,14,17-18,32H,4-5,7-9H2,1H3,(H2,28,33)(H,34,35)/t14-,17?,18+,21?,22+/m1/s1. The number of ether oxygens (including phenoxy) is 1. The number of carbonyl (C=O) groups excluding carboxylic acids is 1. The van der Waals surface area contributed by atoms with Gasteiger partial charge in [0, 0.05) is 26.1 Å². The van der Waals surface area contributed by atoms with E-state index in [0.29, 0.717) is 11.8 Å². The van der Waals surface area contributed by atoms with Crippen LogP contribution in [-0.4, -0.2) is 70.6 Å². The number of sulfone groups is 1. The molecule has 0 aliphatic heterocycles. The zero-order valence-electron chi connectivity index (χ0n) is 20.4. The van der Waals surface area contributed by atoms with Crippen LogP contribution in [0.15, 0.2) is 29.3 Å². The highest BCUT2D eigenvalue weighted by Gasteiger charge is 2.75. The number of carboxylic acid groups (broad SMARTS) is 1. The van der Waals surface area contributed by atoms with Crippen LogP contribution in [0.4, 0.5) is 13.2 Å². The molecule has 5 atom stereocenters. The number of hydrogen-bond acceptors (Lipinski definition) is 9. The Morgan fingerprint density at radius 1 is 1.33 bits per heavy atom. The van der Waals surface area contributed by atoms with Crippen LogP contribution in [-0.2, 0) is 36.8 Å². The van der Waals surface area contributed by atoms with Gasteiger partial charge in [-0.15, -0.1) is 5.10 Å². The molecule has 2 unspecified atom stereocenters. The van der Waals surface area contributed by atoms with E-state index in [2.05, 4.69) is 10.3 Å². The summed E-state index contributed by atoms with van der Waals surface area (Å²) in [7, 11) is -3.69. The SMILES string of the molecule is CO[C@H]1C[C@@H](S(=O)(=O)c2ccc(-n3cc(CCO)nn3)cc2C(F)(F)F)C[C@]1(C(=O)O)C1CC1(C#N)C(N)=O. The van der Waals surface area contributed by atoms with Crippen LogP contribution in [0.3, 0.4) is 0 Å². The number of nitrogens with two attached hydrogens (primary N) is 1.